The van der Waals surface area contributed by atoms with Crippen molar-refractivity contribution in [2.45, 2.75) is 20.8 Å². The highest BCUT2D eigenvalue weighted by molar-refractivity contribution is 6.07. The van der Waals surface area contributed by atoms with E-state index in [2.05, 4.69) is 35.8 Å². The van der Waals surface area contributed by atoms with Crippen LogP contribution in [0.4, 0.5) is 0 Å². The largest absolute Gasteiger partial charge is 0.497 e. The number of aromatic nitrogens is 1. The summed E-state index contributed by atoms with van der Waals surface area (Å²) in [5.41, 5.74) is 4.62. The molecule has 0 fully saturated rings. The molecule has 0 aliphatic heterocycles. The number of nitrogens with zero attached hydrogens (tertiary/aromatic N) is 1. The molecular formula is C20H21NO3. The van der Waals surface area contributed by atoms with Crippen LogP contribution < -0.4 is 4.74 Å². The molecule has 0 atom stereocenters. The minimum Gasteiger partial charge on any atom is -0.497 e. The SMILES string of the molecule is CCOC(=O)c1c(C)n(-c2ccc(C)cc2)c2ccc(OC)cc12. The Morgan fingerprint density at radius 2 is 1.79 bits per heavy atom. The highest BCUT2D eigenvalue weighted by Crippen LogP contribution is 2.32. The average molecular weight is 323 g/mol. The quantitative estimate of drug-likeness (QED) is 0.667. The second-order valence-corrected chi connectivity index (χ2v) is 5.73. The van der Waals surface area contributed by atoms with E-state index in [0.717, 1.165) is 22.3 Å². The predicted molar refractivity (Wildman–Crippen MR) is 95.3 cm³/mol. The number of ether oxygens (including phenoxy) is 2. The summed E-state index contributed by atoms with van der Waals surface area (Å²) in [4.78, 5) is 12.5. The molecule has 3 aromatic rings. The second-order valence-electron chi connectivity index (χ2n) is 5.73. The van der Waals surface area contributed by atoms with Gasteiger partial charge < -0.3 is 14.0 Å². The van der Waals surface area contributed by atoms with E-state index < -0.39 is 0 Å². The Bertz CT molecular complexity index is 891. The Hall–Kier alpha value is -2.75. The van der Waals surface area contributed by atoms with Crippen LogP contribution in [0.25, 0.3) is 16.6 Å². The van der Waals surface area contributed by atoms with Crippen molar-refractivity contribution < 1.29 is 14.3 Å². The van der Waals surface area contributed by atoms with Crippen LogP contribution in [0.5, 0.6) is 5.75 Å². The molecule has 0 radical (unpaired) electrons. The van der Waals surface area contributed by atoms with Crippen LogP contribution in [0.1, 0.15) is 28.5 Å². The maximum absolute atomic E-state index is 12.5. The fourth-order valence-corrected chi connectivity index (χ4v) is 3.01. The Morgan fingerprint density at radius 3 is 2.42 bits per heavy atom. The lowest BCUT2D eigenvalue weighted by molar-refractivity contribution is 0.0527. The molecule has 4 nitrogen and oxygen atoms in total. The van der Waals surface area contributed by atoms with Gasteiger partial charge in [-0.05, 0) is 51.1 Å². The molecule has 0 bridgehead atoms. The molecule has 24 heavy (non-hydrogen) atoms. The van der Waals surface area contributed by atoms with Crippen molar-refractivity contribution in [3.63, 3.8) is 0 Å². The van der Waals surface area contributed by atoms with Gasteiger partial charge in [-0.3, -0.25) is 0 Å². The Labute approximate surface area is 141 Å². The molecule has 1 heterocycles. The third kappa shape index (κ3) is 2.64. The zero-order chi connectivity index (χ0) is 17.3. The smallest absolute Gasteiger partial charge is 0.340 e. The van der Waals surface area contributed by atoms with E-state index in [4.69, 9.17) is 9.47 Å². The number of benzene rings is 2. The van der Waals surface area contributed by atoms with E-state index in [9.17, 15) is 4.79 Å². The van der Waals surface area contributed by atoms with Crippen LogP contribution in [0.2, 0.25) is 0 Å². The Balaban J connectivity index is 2.31. The topological polar surface area (TPSA) is 40.5 Å². The summed E-state index contributed by atoms with van der Waals surface area (Å²) in [6, 6.07) is 14.0. The predicted octanol–water partition coefficient (Wildman–Crippen LogP) is 4.43. The van der Waals surface area contributed by atoms with Crippen LogP contribution in [-0.2, 0) is 4.74 Å². The van der Waals surface area contributed by atoms with E-state index in [-0.39, 0.29) is 5.97 Å². The van der Waals surface area contributed by atoms with Crippen molar-refractivity contribution in [1.29, 1.82) is 0 Å². The van der Waals surface area contributed by atoms with Crippen LogP contribution >= 0.6 is 0 Å². The monoisotopic (exact) mass is 323 g/mol. The minimum atomic E-state index is -0.306. The lowest BCUT2D eigenvalue weighted by Crippen LogP contribution is -2.07. The number of hydrogen-bond acceptors (Lipinski definition) is 3. The van der Waals surface area contributed by atoms with Gasteiger partial charge in [-0.25, -0.2) is 4.79 Å². The maximum atomic E-state index is 12.5. The first-order valence-corrected chi connectivity index (χ1v) is 8.00. The third-order valence-electron chi connectivity index (χ3n) is 4.18. The Morgan fingerprint density at radius 1 is 1.08 bits per heavy atom. The molecule has 0 unspecified atom stereocenters. The number of fused-ring (bicyclic) bond motifs is 1. The van der Waals surface area contributed by atoms with Gasteiger partial charge in [-0.2, -0.15) is 0 Å². The molecule has 3 rings (SSSR count). The fourth-order valence-electron chi connectivity index (χ4n) is 3.01. The van der Waals surface area contributed by atoms with Crippen LogP contribution in [0.3, 0.4) is 0 Å². The van der Waals surface area contributed by atoms with Crippen LogP contribution in [0, 0.1) is 13.8 Å². The molecule has 0 aliphatic carbocycles. The number of methoxy groups -OCH3 is 1. The maximum Gasteiger partial charge on any atom is 0.340 e. The van der Waals surface area contributed by atoms with Gasteiger partial charge in [0.25, 0.3) is 0 Å². The number of carbonyl (C=O) groups is 1. The van der Waals surface area contributed by atoms with Crippen LogP contribution in [0.15, 0.2) is 42.5 Å². The van der Waals surface area contributed by atoms with Crippen molar-refractivity contribution in [2.75, 3.05) is 13.7 Å². The number of carbonyl (C=O) groups excluding carboxylic acids is 1. The highest BCUT2D eigenvalue weighted by atomic mass is 16.5. The Kier molecular flexibility index (Phi) is 4.30. The molecular weight excluding hydrogens is 302 g/mol. The van der Waals surface area contributed by atoms with Crippen molar-refractivity contribution >= 4 is 16.9 Å². The van der Waals surface area contributed by atoms with E-state index >= 15 is 0 Å². The van der Waals surface area contributed by atoms with E-state index in [0.29, 0.717) is 17.9 Å². The molecule has 0 amide bonds. The van der Waals surface area contributed by atoms with Gasteiger partial charge in [0.15, 0.2) is 0 Å². The summed E-state index contributed by atoms with van der Waals surface area (Å²) in [6.45, 7) is 6.16. The zero-order valence-electron chi connectivity index (χ0n) is 14.4. The summed E-state index contributed by atoms with van der Waals surface area (Å²) in [6.07, 6.45) is 0. The molecule has 0 saturated heterocycles. The van der Waals surface area contributed by atoms with Gasteiger partial charge in [0.2, 0.25) is 0 Å². The summed E-state index contributed by atoms with van der Waals surface area (Å²) in [7, 11) is 1.62. The van der Waals surface area contributed by atoms with Gasteiger partial charge in [0, 0.05) is 16.8 Å². The van der Waals surface area contributed by atoms with E-state index in [1.165, 1.54) is 5.56 Å². The van der Waals surface area contributed by atoms with Gasteiger partial charge >= 0.3 is 5.97 Å². The van der Waals surface area contributed by atoms with Crippen molar-refractivity contribution in [2.24, 2.45) is 0 Å². The molecule has 0 N–H and O–H groups in total. The number of aryl methyl sites for hydroxylation is 1. The standard InChI is InChI=1S/C20H21NO3/c1-5-24-20(22)19-14(3)21(15-8-6-13(2)7-9-15)18-11-10-16(23-4)12-17(18)19/h6-12H,5H2,1-4H3. The molecule has 2 aromatic carbocycles. The van der Waals surface area contributed by atoms with Gasteiger partial charge in [-0.15, -0.1) is 0 Å². The van der Waals surface area contributed by atoms with Crippen molar-refractivity contribution in [1.82, 2.24) is 4.57 Å². The van der Waals surface area contributed by atoms with E-state index in [1.54, 1.807) is 7.11 Å². The molecule has 0 aliphatic rings. The normalized spacial score (nSPS) is 10.8. The van der Waals surface area contributed by atoms with Gasteiger partial charge in [-0.1, -0.05) is 17.7 Å². The summed E-state index contributed by atoms with van der Waals surface area (Å²) in [5.74, 6) is 0.410. The van der Waals surface area contributed by atoms with Gasteiger partial charge in [0.05, 0.1) is 24.8 Å². The zero-order valence-corrected chi connectivity index (χ0v) is 14.4. The first-order chi connectivity index (χ1) is 11.6. The molecule has 124 valence electrons. The third-order valence-corrected chi connectivity index (χ3v) is 4.18. The molecule has 0 spiro atoms. The highest BCUT2D eigenvalue weighted by Gasteiger charge is 2.22. The summed E-state index contributed by atoms with van der Waals surface area (Å²) in [5, 5.41) is 0.839. The molecule has 0 saturated carbocycles. The van der Waals surface area contributed by atoms with Crippen molar-refractivity contribution in [3.8, 4) is 11.4 Å². The average Bonchev–Trinajstić information content (AvgIpc) is 2.87. The first-order valence-electron chi connectivity index (χ1n) is 8.00. The molecule has 4 heteroatoms. The second kappa shape index (κ2) is 6.40. The van der Waals surface area contributed by atoms with Crippen LogP contribution in [-0.4, -0.2) is 24.3 Å². The minimum absolute atomic E-state index is 0.306. The number of rotatable bonds is 4. The number of hydrogen-bond donors (Lipinski definition) is 0. The summed E-state index contributed by atoms with van der Waals surface area (Å²) >= 11 is 0. The fraction of sp³-hybridized carbons (Fsp3) is 0.250. The first kappa shape index (κ1) is 16.1. The molecule has 1 aromatic heterocycles. The van der Waals surface area contributed by atoms with Gasteiger partial charge in [0.1, 0.15) is 5.75 Å². The number of esters is 1. The lowest BCUT2D eigenvalue weighted by Gasteiger charge is -2.09. The van der Waals surface area contributed by atoms with Crippen molar-refractivity contribution in [3.05, 3.63) is 59.3 Å². The van der Waals surface area contributed by atoms with E-state index in [1.807, 2.05) is 32.0 Å². The summed E-state index contributed by atoms with van der Waals surface area (Å²) < 4.78 is 12.7. The lowest BCUT2D eigenvalue weighted by atomic mass is 10.1.